The zero-order valence-electron chi connectivity index (χ0n) is 17.0. The van der Waals surface area contributed by atoms with Crippen LogP contribution in [0, 0.1) is 0 Å². The van der Waals surface area contributed by atoms with E-state index in [1.807, 2.05) is 12.1 Å². The number of sulfonamides is 1. The van der Waals surface area contributed by atoms with Crippen LogP contribution in [0.4, 0.5) is 0 Å². The summed E-state index contributed by atoms with van der Waals surface area (Å²) in [4.78, 5) is 14.5. The SMILES string of the molecule is O=C(CSC1CCS(=O)(=O)C1)N1CCN(S(=O)(=O)c2ccc3c(c2)CCCC3)CC1. The Morgan fingerprint density at radius 1 is 1.07 bits per heavy atom. The molecular weight excluding hydrogens is 444 g/mol. The molecule has 30 heavy (non-hydrogen) atoms. The monoisotopic (exact) mass is 472 g/mol. The number of carbonyl (C=O) groups excluding carboxylic acids is 1. The van der Waals surface area contributed by atoms with Crippen molar-refractivity contribution in [2.75, 3.05) is 43.4 Å². The predicted octanol–water partition coefficient (Wildman–Crippen LogP) is 1.32. The van der Waals surface area contributed by atoms with E-state index in [1.165, 1.54) is 21.6 Å². The zero-order valence-corrected chi connectivity index (χ0v) is 19.4. The van der Waals surface area contributed by atoms with E-state index in [4.69, 9.17) is 0 Å². The number of piperazine rings is 1. The van der Waals surface area contributed by atoms with Crippen molar-refractivity contribution >= 4 is 37.5 Å². The van der Waals surface area contributed by atoms with Crippen molar-refractivity contribution in [3.05, 3.63) is 29.3 Å². The largest absolute Gasteiger partial charge is 0.339 e. The summed E-state index contributed by atoms with van der Waals surface area (Å²) in [7, 11) is -6.50. The first kappa shape index (κ1) is 22.1. The van der Waals surface area contributed by atoms with Crippen molar-refractivity contribution in [2.24, 2.45) is 0 Å². The fourth-order valence-electron chi connectivity index (χ4n) is 4.37. The minimum absolute atomic E-state index is 0.00961. The van der Waals surface area contributed by atoms with Gasteiger partial charge in [-0.25, -0.2) is 16.8 Å². The Kier molecular flexibility index (Phi) is 6.48. The minimum atomic E-state index is -3.56. The second kappa shape index (κ2) is 8.80. The minimum Gasteiger partial charge on any atom is -0.339 e. The van der Waals surface area contributed by atoms with Crippen LogP contribution in [0.25, 0.3) is 0 Å². The molecule has 10 heteroatoms. The van der Waals surface area contributed by atoms with E-state index >= 15 is 0 Å². The molecule has 2 saturated heterocycles. The Balaban J connectivity index is 1.32. The number of thioether (sulfide) groups is 1. The highest BCUT2D eigenvalue weighted by molar-refractivity contribution is 8.02. The van der Waals surface area contributed by atoms with Gasteiger partial charge in [-0.15, -0.1) is 11.8 Å². The predicted molar refractivity (Wildman–Crippen MR) is 118 cm³/mol. The van der Waals surface area contributed by atoms with Crippen LogP contribution in [0.1, 0.15) is 30.4 Å². The standard InChI is InChI=1S/C20H28N2O5S3/c23-20(14-28-18-7-12-29(24,25)15-18)21-8-10-22(11-9-21)30(26,27)19-6-5-16-3-1-2-4-17(16)13-19/h5-6,13,18H,1-4,7-12,14-15H2. The topological polar surface area (TPSA) is 91.8 Å². The number of amides is 1. The summed E-state index contributed by atoms with van der Waals surface area (Å²) in [6, 6.07) is 5.48. The molecule has 2 aliphatic heterocycles. The van der Waals surface area contributed by atoms with Crippen molar-refractivity contribution in [2.45, 2.75) is 42.2 Å². The number of hydrogen-bond donors (Lipinski definition) is 0. The van der Waals surface area contributed by atoms with E-state index in [9.17, 15) is 21.6 Å². The maximum atomic E-state index is 13.1. The first-order chi connectivity index (χ1) is 14.2. The first-order valence-corrected chi connectivity index (χ1v) is 14.8. The molecule has 0 spiro atoms. The van der Waals surface area contributed by atoms with Gasteiger partial charge >= 0.3 is 0 Å². The average molecular weight is 473 g/mol. The molecule has 1 atom stereocenters. The lowest BCUT2D eigenvalue weighted by Gasteiger charge is -2.34. The van der Waals surface area contributed by atoms with Crippen LogP contribution >= 0.6 is 11.8 Å². The normalized spacial score (nSPS) is 24.5. The van der Waals surface area contributed by atoms with Gasteiger partial charge in [-0.2, -0.15) is 4.31 Å². The highest BCUT2D eigenvalue weighted by Gasteiger charge is 2.32. The van der Waals surface area contributed by atoms with E-state index < -0.39 is 19.9 Å². The summed E-state index contributed by atoms with van der Waals surface area (Å²) in [5.41, 5.74) is 2.39. The number of rotatable bonds is 5. The molecule has 1 aromatic carbocycles. The van der Waals surface area contributed by atoms with Gasteiger partial charge in [0.25, 0.3) is 0 Å². The molecule has 166 valence electrons. The Labute approximate surface area is 183 Å². The Hall–Kier alpha value is -1.10. The summed E-state index contributed by atoms with van der Waals surface area (Å²) in [5.74, 6) is 0.559. The second-order valence-corrected chi connectivity index (χ2v) is 13.7. The number of aryl methyl sites for hydroxylation is 2. The molecule has 1 aromatic rings. The number of hydrogen-bond acceptors (Lipinski definition) is 6. The molecule has 1 amide bonds. The third kappa shape index (κ3) is 4.87. The third-order valence-corrected chi connectivity index (χ3v) is 11.3. The van der Waals surface area contributed by atoms with Crippen molar-refractivity contribution < 1.29 is 21.6 Å². The van der Waals surface area contributed by atoms with Gasteiger partial charge in [0.2, 0.25) is 15.9 Å². The highest BCUT2D eigenvalue weighted by atomic mass is 32.2. The molecule has 0 saturated carbocycles. The average Bonchev–Trinajstić information content (AvgIpc) is 3.10. The van der Waals surface area contributed by atoms with Crippen LogP contribution in [0.15, 0.2) is 23.1 Å². The van der Waals surface area contributed by atoms with Gasteiger partial charge in [0.05, 0.1) is 22.2 Å². The van der Waals surface area contributed by atoms with E-state index in [0.717, 1.165) is 31.2 Å². The van der Waals surface area contributed by atoms with Crippen molar-refractivity contribution in [3.63, 3.8) is 0 Å². The number of nitrogens with zero attached hydrogens (tertiary/aromatic N) is 2. The summed E-state index contributed by atoms with van der Waals surface area (Å²) in [5, 5.41) is -0.00961. The second-order valence-electron chi connectivity index (χ2n) is 8.26. The van der Waals surface area contributed by atoms with Crippen LogP contribution in [0.3, 0.4) is 0 Å². The molecule has 2 fully saturated rings. The van der Waals surface area contributed by atoms with Crippen LogP contribution in [0.2, 0.25) is 0 Å². The summed E-state index contributed by atoms with van der Waals surface area (Å²) in [6.45, 7) is 1.31. The molecule has 1 aliphatic carbocycles. The van der Waals surface area contributed by atoms with Crippen molar-refractivity contribution in [1.82, 2.24) is 9.21 Å². The quantitative estimate of drug-likeness (QED) is 0.642. The lowest BCUT2D eigenvalue weighted by molar-refractivity contribution is -0.129. The van der Waals surface area contributed by atoms with Gasteiger partial charge in [-0.05, 0) is 55.4 Å². The lowest BCUT2D eigenvalue weighted by atomic mass is 9.92. The number of carbonyl (C=O) groups is 1. The molecular formula is C20H28N2O5S3. The Bertz CT molecular complexity index is 1010. The number of fused-ring (bicyclic) bond motifs is 1. The van der Waals surface area contributed by atoms with Gasteiger partial charge in [-0.3, -0.25) is 4.79 Å². The Morgan fingerprint density at radius 3 is 2.43 bits per heavy atom. The van der Waals surface area contributed by atoms with Gasteiger partial charge in [0.1, 0.15) is 0 Å². The number of sulfone groups is 1. The van der Waals surface area contributed by atoms with Crippen molar-refractivity contribution in [3.8, 4) is 0 Å². The first-order valence-electron chi connectivity index (χ1n) is 10.5. The van der Waals surface area contributed by atoms with Crippen LogP contribution in [0.5, 0.6) is 0 Å². The lowest BCUT2D eigenvalue weighted by Crippen LogP contribution is -2.51. The van der Waals surface area contributed by atoms with E-state index in [-0.39, 0.29) is 41.5 Å². The Morgan fingerprint density at radius 2 is 1.77 bits per heavy atom. The molecule has 7 nitrogen and oxygen atoms in total. The number of benzene rings is 1. The zero-order chi connectivity index (χ0) is 21.4. The molecule has 0 radical (unpaired) electrons. The summed E-state index contributed by atoms with van der Waals surface area (Å²) in [6.07, 6.45) is 4.81. The van der Waals surface area contributed by atoms with Crippen LogP contribution < -0.4 is 0 Å². The summed E-state index contributed by atoms with van der Waals surface area (Å²) < 4.78 is 50.7. The van der Waals surface area contributed by atoms with Crippen LogP contribution in [-0.2, 0) is 37.5 Å². The smallest absolute Gasteiger partial charge is 0.243 e. The molecule has 4 rings (SSSR count). The fourth-order valence-corrected chi connectivity index (χ4v) is 9.39. The van der Waals surface area contributed by atoms with Gasteiger partial charge in [-0.1, -0.05) is 6.07 Å². The maximum Gasteiger partial charge on any atom is 0.243 e. The molecule has 2 heterocycles. The maximum absolute atomic E-state index is 13.1. The van der Waals surface area contributed by atoms with Gasteiger partial charge < -0.3 is 4.90 Å². The van der Waals surface area contributed by atoms with Gasteiger partial charge in [0.15, 0.2) is 9.84 Å². The van der Waals surface area contributed by atoms with Gasteiger partial charge in [0, 0.05) is 31.4 Å². The summed E-state index contributed by atoms with van der Waals surface area (Å²) >= 11 is 1.40. The highest BCUT2D eigenvalue weighted by Crippen LogP contribution is 2.27. The van der Waals surface area contributed by atoms with E-state index in [0.29, 0.717) is 24.4 Å². The molecule has 3 aliphatic rings. The molecule has 1 unspecified atom stereocenters. The third-order valence-electron chi connectivity index (χ3n) is 6.18. The molecule has 0 bridgehead atoms. The van der Waals surface area contributed by atoms with Crippen molar-refractivity contribution in [1.29, 1.82) is 0 Å². The van der Waals surface area contributed by atoms with E-state index in [2.05, 4.69) is 0 Å². The van der Waals surface area contributed by atoms with Crippen LogP contribution in [-0.4, -0.2) is 80.6 Å². The molecule has 0 N–H and O–H groups in total. The van der Waals surface area contributed by atoms with E-state index in [1.54, 1.807) is 11.0 Å². The fraction of sp³-hybridized carbons (Fsp3) is 0.650. The molecule has 0 aromatic heterocycles.